The Kier molecular flexibility index (Phi) is 4.37. The molecule has 2 aliphatic heterocycles. The molecule has 2 fully saturated rings. The van der Waals surface area contributed by atoms with E-state index in [9.17, 15) is 13.2 Å². The first-order valence-corrected chi connectivity index (χ1v) is 9.25. The average Bonchev–Trinajstić information content (AvgIpc) is 2.53. The highest BCUT2D eigenvalue weighted by atomic mass is 32.2. The molecule has 0 bridgehead atoms. The molecule has 0 spiro atoms. The van der Waals surface area contributed by atoms with Crippen LogP contribution in [0.2, 0.25) is 0 Å². The topological polar surface area (TPSA) is 81.5 Å². The number of carbonyl (C=O) groups excluding carboxylic acids is 1. The van der Waals surface area contributed by atoms with E-state index in [1.54, 1.807) is 0 Å². The summed E-state index contributed by atoms with van der Waals surface area (Å²) in [6.45, 7) is 2.41. The van der Waals surface area contributed by atoms with Crippen molar-refractivity contribution in [2.45, 2.75) is 24.2 Å². The average molecular weight is 333 g/mol. The third kappa shape index (κ3) is 3.09. The lowest BCUT2D eigenvalue weighted by Crippen LogP contribution is -2.48. The van der Waals surface area contributed by atoms with Gasteiger partial charge in [-0.25, -0.2) is 8.42 Å². The van der Waals surface area contributed by atoms with E-state index in [0.717, 1.165) is 19.5 Å². The minimum absolute atomic E-state index is 0.0530. The van der Waals surface area contributed by atoms with Gasteiger partial charge in [0, 0.05) is 32.1 Å². The molecule has 0 aromatic heterocycles. The lowest BCUT2D eigenvalue weighted by atomic mass is 9.95. The number of likely N-dealkylation sites (tertiary alicyclic amines) is 1. The van der Waals surface area contributed by atoms with Crippen LogP contribution in [-0.4, -0.2) is 49.7 Å². The van der Waals surface area contributed by atoms with Crippen LogP contribution in [0.25, 0.3) is 0 Å². The van der Waals surface area contributed by atoms with Crippen LogP contribution >= 0.6 is 0 Å². The molecule has 7 heteroatoms. The number of hydrogen-bond acceptors (Lipinski definition) is 4. The zero-order valence-corrected chi connectivity index (χ0v) is 13.6. The van der Waals surface area contributed by atoms with Crippen LogP contribution in [0.1, 0.15) is 24.8 Å². The number of piperidine rings is 1. The van der Waals surface area contributed by atoms with E-state index < -0.39 is 10.0 Å². The zero-order chi connectivity index (χ0) is 16.4. The molecule has 2 aliphatic rings. The second-order valence-corrected chi connectivity index (χ2v) is 7.93. The summed E-state index contributed by atoms with van der Waals surface area (Å²) >= 11 is 0. The summed E-state index contributed by atoms with van der Waals surface area (Å²) in [4.78, 5) is 14.3. The Labute approximate surface area is 136 Å². The van der Waals surface area contributed by atoms with Crippen molar-refractivity contribution in [3.05, 3.63) is 29.8 Å². The summed E-state index contributed by atoms with van der Waals surface area (Å²) in [5, 5.41) is 8.79. The van der Waals surface area contributed by atoms with E-state index in [1.807, 2.05) is 11.0 Å². The third-order valence-electron chi connectivity index (χ3n) is 4.59. The molecule has 23 heavy (non-hydrogen) atoms. The van der Waals surface area contributed by atoms with Gasteiger partial charge in [0.05, 0.1) is 16.5 Å². The summed E-state index contributed by atoms with van der Waals surface area (Å²) in [6.07, 6.45) is 2.22. The van der Waals surface area contributed by atoms with Crippen molar-refractivity contribution in [2.24, 2.45) is 5.92 Å². The molecule has 1 amide bonds. The van der Waals surface area contributed by atoms with E-state index in [0.29, 0.717) is 31.5 Å². The Morgan fingerprint density at radius 2 is 1.70 bits per heavy atom. The number of nitriles is 1. The fourth-order valence-corrected chi connectivity index (χ4v) is 4.46. The minimum atomic E-state index is -3.55. The van der Waals surface area contributed by atoms with Gasteiger partial charge < -0.3 is 4.90 Å². The van der Waals surface area contributed by atoms with E-state index in [2.05, 4.69) is 0 Å². The van der Waals surface area contributed by atoms with Gasteiger partial charge in [-0.2, -0.15) is 9.57 Å². The van der Waals surface area contributed by atoms with Gasteiger partial charge in [-0.1, -0.05) is 0 Å². The Morgan fingerprint density at radius 1 is 1.09 bits per heavy atom. The first kappa shape index (κ1) is 16.0. The molecule has 0 atom stereocenters. The summed E-state index contributed by atoms with van der Waals surface area (Å²) in [5.74, 6) is 0.120. The van der Waals surface area contributed by atoms with Gasteiger partial charge in [0.15, 0.2) is 0 Å². The van der Waals surface area contributed by atoms with Crippen LogP contribution in [0.4, 0.5) is 0 Å². The molecule has 2 heterocycles. The summed E-state index contributed by atoms with van der Waals surface area (Å²) < 4.78 is 26.7. The molecule has 2 saturated heterocycles. The standard InChI is InChI=1S/C16H19N3O3S/c17-12-13-2-4-15(5-3-13)23(21,22)19-10-6-14(7-11-19)16(20)18-8-1-9-18/h2-5,14H,1,6-11H2. The smallest absolute Gasteiger partial charge is 0.243 e. The molecule has 3 rings (SSSR count). The van der Waals surface area contributed by atoms with Crippen LogP contribution < -0.4 is 0 Å². The monoisotopic (exact) mass is 333 g/mol. The Morgan fingerprint density at radius 3 is 2.17 bits per heavy atom. The summed E-state index contributed by atoms with van der Waals surface area (Å²) in [5.41, 5.74) is 0.433. The first-order valence-electron chi connectivity index (χ1n) is 7.81. The fraction of sp³-hybridized carbons (Fsp3) is 0.500. The predicted molar refractivity (Wildman–Crippen MR) is 83.8 cm³/mol. The molecule has 6 nitrogen and oxygen atoms in total. The van der Waals surface area contributed by atoms with Crippen LogP contribution in [0.3, 0.4) is 0 Å². The van der Waals surface area contributed by atoms with Gasteiger partial charge in [-0.3, -0.25) is 4.79 Å². The maximum absolute atomic E-state index is 12.6. The Bertz CT molecular complexity index is 725. The number of rotatable bonds is 3. The van der Waals surface area contributed by atoms with Gasteiger partial charge in [-0.05, 0) is 43.5 Å². The van der Waals surface area contributed by atoms with Gasteiger partial charge in [0.1, 0.15) is 0 Å². The summed E-state index contributed by atoms with van der Waals surface area (Å²) in [6, 6.07) is 7.92. The molecular formula is C16H19N3O3S. The number of benzene rings is 1. The van der Waals surface area contributed by atoms with Crippen molar-refractivity contribution in [3.63, 3.8) is 0 Å². The van der Waals surface area contributed by atoms with Crippen molar-refractivity contribution in [2.75, 3.05) is 26.2 Å². The second kappa shape index (κ2) is 6.30. The number of carbonyl (C=O) groups is 1. The van der Waals surface area contributed by atoms with E-state index >= 15 is 0 Å². The molecular weight excluding hydrogens is 314 g/mol. The number of sulfonamides is 1. The molecule has 0 radical (unpaired) electrons. The largest absolute Gasteiger partial charge is 0.342 e. The third-order valence-corrected chi connectivity index (χ3v) is 6.50. The van der Waals surface area contributed by atoms with Gasteiger partial charge >= 0.3 is 0 Å². The van der Waals surface area contributed by atoms with Crippen molar-refractivity contribution in [1.82, 2.24) is 9.21 Å². The van der Waals surface area contributed by atoms with Crippen LogP contribution in [-0.2, 0) is 14.8 Å². The van der Waals surface area contributed by atoms with E-state index in [4.69, 9.17) is 5.26 Å². The number of amides is 1. The van der Waals surface area contributed by atoms with Crippen molar-refractivity contribution in [1.29, 1.82) is 5.26 Å². The second-order valence-electron chi connectivity index (χ2n) is 5.99. The minimum Gasteiger partial charge on any atom is -0.342 e. The quantitative estimate of drug-likeness (QED) is 0.832. The SMILES string of the molecule is N#Cc1ccc(S(=O)(=O)N2CCC(C(=O)N3CCC3)CC2)cc1. The normalized spacial score (nSPS) is 19.9. The predicted octanol–water partition coefficient (Wildman–Crippen LogP) is 1.19. The molecule has 1 aromatic carbocycles. The Balaban J connectivity index is 1.65. The van der Waals surface area contributed by atoms with Gasteiger partial charge in [0.25, 0.3) is 0 Å². The van der Waals surface area contributed by atoms with Crippen molar-refractivity contribution in [3.8, 4) is 6.07 Å². The van der Waals surface area contributed by atoms with Crippen LogP contribution in [0, 0.1) is 17.2 Å². The number of nitrogens with zero attached hydrogens (tertiary/aromatic N) is 3. The lowest BCUT2D eigenvalue weighted by Gasteiger charge is -2.37. The van der Waals surface area contributed by atoms with Gasteiger partial charge in [0.2, 0.25) is 15.9 Å². The molecule has 0 aliphatic carbocycles. The maximum Gasteiger partial charge on any atom is 0.243 e. The highest BCUT2D eigenvalue weighted by Gasteiger charge is 2.34. The molecule has 0 N–H and O–H groups in total. The van der Waals surface area contributed by atoms with Crippen LogP contribution in [0.15, 0.2) is 29.2 Å². The summed E-state index contributed by atoms with van der Waals surface area (Å²) in [7, 11) is -3.55. The molecule has 0 unspecified atom stereocenters. The first-order chi connectivity index (χ1) is 11.0. The molecule has 122 valence electrons. The molecule has 1 aromatic rings. The van der Waals surface area contributed by atoms with E-state index in [1.165, 1.54) is 28.6 Å². The maximum atomic E-state index is 12.6. The highest BCUT2D eigenvalue weighted by molar-refractivity contribution is 7.89. The molecule has 0 saturated carbocycles. The lowest BCUT2D eigenvalue weighted by molar-refractivity contribution is -0.140. The Hall–Kier alpha value is -1.91. The number of hydrogen-bond donors (Lipinski definition) is 0. The van der Waals surface area contributed by atoms with Crippen molar-refractivity contribution < 1.29 is 13.2 Å². The fourth-order valence-electron chi connectivity index (χ4n) is 2.99. The van der Waals surface area contributed by atoms with Gasteiger partial charge in [-0.15, -0.1) is 0 Å². The highest BCUT2D eigenvalue weighted by Crippen LogP contribution is 2.26. The zero-order valence-electron chi connectivity index (χ0n) is 12.8. The van der Waals surface area contributed by atoms with E-state index in [-0.39, 0.29) is 16.7 Å². The van der Waals surface area contributed by atoms with Crippen LogP contribution in [0.5, 0.6) is 0 Å². The van der Waals surface area contributed by atoms with Crippen molar-refractivity contribution >= 4 is 15.9 Å².